The molecule has 0 amide bonds. The molecule has 0 spiro atoms. The Balaban J connectivity index is 2.00. The lowest BCUT2D eigenvalue weighted by atomic mass is 9.71. The van der Waals surface area contributed by atoms with E-state index in [-0.39, 0.29) is 0 Å². The fraction of sp³-hybridized carbons (Fsp3) is 1.00. The van der Waals surface area contributed by atoms with Crippen molar-refractivity contribution in [3.8, 4) is 0 Å². The highest BCUT2D eigenvalue weighted by atomic mass is 15.2. The highest BCUT2D eigenvalue weighted by molar-refractivity contribution is 5.01. The van der Waals surface area contributed by atoms with E-state index in [0.29, 0.717) is 23.0 Å². The number of hydrogen-bond donors (Lipinski definition) is 1. The van der Waals surface area contributed by atoms with Gasteiger partial charge in [-0.3, -0.25) is 0 Å². The molecule has 3 nitrogen and oxygen atoms in total. The number of nitrogens with two attached hydrogens (primary N) is 1. The molecular weight excluding hydrogens is 234 g/mol. The minimum atomic E-state index is 0.359. The molecule has 0 heterocycles. The second-order valence-electron chi connectivity index (χ2n) is 8.03. The van der Waals surface area contributed by atoms with E-state index in [2.05, 4.69) is 44.8 Å². The average molecular weight is 267 g/mol. The molecule has 2 aliphatic carbocycles. The molecule has 0 saturated heterocycles. The van der Waals surface area contributed by atoms with Gasteiger partial charge in [0.2, 0.25) is 0 Å². The molecule has 2 fully saturated rings. The van der Waals surface area contributed by atoms with Crippen LogP contribution in [-0.4, -0.2) is 55.1 Å². The molecule has 2 saturated carbocycles. The summed E-state index contributed by atoms with van der Waals surface area (Å²) in [5.74, 6) is 0. The first-order valence-corrected chi connectivity index (χ1v) is 7.89. The Morgan fingerprint density at radius 1 is 1.11 bits per heavy atom. The summed E-state index contributed by atoms with van der Waals surface area (Å²) in [7, 11) is 6.75. The van der Waals surface area contributed by atoms with Gasteiger partial charge in [0.05, 0.1) is 0 Å². The van der Waals surface area contributed by atoms with Gasteiger partial charge in [0.15, 0.2) is 0 Å². The highest BCUT2D eigenvalue weighted by Crippen LogP contribution is 2.40. The van der Waals surface area contributed by atoms with Gasteiger partial charge < -0.3 is 15.5 Å². The summed E-state index contributed by atoms with van der Waals surface area (Å²) >= 11 is 0. The van der Waals surface area contributed by atoms with Gasteiger partial charge in [-0.15, -0.1) is 0 Å². The van der Waals surface area contributed by atoms with Crippen molar-refractivity contribution in [3.63, 3.8) is 0 Å². The van der Waals surface area contributed by atoms with Crippen LogP contribution in [0.4, 0.5) is 0 Å². The van der Waals surface area contributed by atoms with E-state index in [1.807, 2.05) is 0 Å². The monoisotopic (exact) mass is 267 g/mol. The molecule has 0 aromatic carbocycles. The Kier molecular flexibility index (Phi) is 4.29. The molecular formula is C16H33N3. The van der Waals surface area contributed by atoms with Crippen LogP contribution in [0.1, 0.15) is 52.4 Å². The largest absolute Gasteiger partial charge is 0.326 e. The first-order valence-electron chi connectivity index (χ1n) is 7.89. The lowest BCUT2D eigenvalue weighted by Gasteiger charge is -2.52. The minimum absolute atomic E-state index is 0.359. The Bertz CT molecular complexity index is 307. The maximum atomic E-state index is 6.40. The fourth-order valence-electron chi connectivity index (χ4n) is 3.97. The predicted octanol–water partition coefficient (Wildman–Crippen LogP) is 2.31. The van der Waals surface area contributed by atoms with Crippen molar-refractivity contribution in [2.45, 2.75) is 70.0 Å². The van der Waals surface area contributed by atoms with Crippen molar-refractivity contribution in [3.05, 3.63) is 0 Å². The first-order chi connectivity index (χ1) is 8.76. The van der Waals surface area contributed by atoms with Gasteiger partial charge in [-0.2, -0.15) is 0 Å². The van der Waals surface area contributed by atoms with Gasteiger partial charge in [0, 0.05) is 24.2 Å². The Morgan fingerprint density at radius 2 is 1.74 bits per heavy atom. The van der Waals surface area contributed by atoms with E-state index >= 15 is 0 Å². The zero-order chi connectivity index (χ0) is 14.3. The molecule has 2 aliphatic rings. The van der Waals surface area contributed by atoms with Crippen molar-refractivity contribution in [2.24, 2.45) is 11.1 Å². The van der Waals surface area contributed by atoms with Gasteiger partial charge in [-0.25, -0.2) is 0 Å². The third-order valence-corrected chi connectivity index (χ3v) is 5.75. The van der Waals surface area contributed by atoms with Gasteiger partial charge in [-0.05, 0) is 65.1 Å². The summed E-state index contributed by atoms with van der Waals surface area (Å²) in [4.78, 5) is 5.00. The van der Waals surface area contributed by atoms with Gasteiger partial charge in [0.1, 0.15) is 0 Å². The minimum Gasteiger partial charge on any atom is -0.326 e. The van der Waals surface area contributed by atoms with Gasteiger partial charge in [-0.1, -0.05) is 13.8 Å². The van der Waals surface area contributed by atoms with E-state index in [0.717, 1.165) is 0 Å². The van der Waals surface area contributed by atoms with E-state index in [1.54, 1.807) is 0 Å². The summed E-state index contributed by atoms with van der Waals surface area (Å²) in [6, 6.07) is 0.915. The fourth-order valence-corrected chi connectivity index (χ4v) is 3.97. The van der Waals surface area contributed by atoms with Crippen LogP contribution in [0.2, 0.25) is 0 Å². The lowest BCUT2D eigenvalue weighted by molar-refractivity contribution is -0.00276. The second kappa shape index (κ2) is 5.34. The maximum absolute atomic E-state index is 6.40. The quantitative estimate of drug-likeness (QED) is 0.848. The molecule has 2 rings (SSSR count). The van der Waals surface area contributed by atoms with Crippen molar-refractivity contribution in [2.75, 3.05) is 27.7 Å². The van der Waals surface area contributed by atoms with Crippen LogP contribution in [0.15, 0.2) is 0 Å². The van der Waals surface area contributed by atoms with Crippen LogP contribution in [0, 0.1) is 5.41 Å². The number of likely N-dealkylation sites (N-methyl/N-ethyl adjacent to an activating group) is 2. The van der Waals surface area contributed by atoms with E-state index in [9.17, 15) is 0 Å². The third kappa shape index (κ3) is 3.14. The van der Waals surface area contributed by atoms with Crippen molar-refractivity contribution < 1.29 is 0 Å². The second-order valence-corrected chi connectivity index (χ2v) is 8.03. The molecule has 112 valence electrons. The van der Waals surface area contributed by atoms with Crippen molar-refractivity contribution >= 4 is 0 Å². The smallest absolute Gasteiger partial charge is 0.0330 e. The summed E-state index contributed by atoms with van der Waals surface area (Å²) in [6.45, 7) is 5.96. The first kappa shape index (κ1) is 15.3. The molecule has 3 heteroatoms. The number of hydrogen-bond acceptors (Lipinski definition) is 3. The van der Waals surface area contributed by atoms with E-state index in [1.165, 1.54) is 45.1 Å². The molecule has 0 aromatic rings. The summed E-state index contributed by atoms with van der Waals surface area (Å²) in [5.41, 5.74) is 7.27. The summed E-state index contributed by atoms with van der Waals surface area (Å²) in [5, 5.41) is 0. The van der Waals surface area contributed by atoms with E-state index in [4.69, 9.17) is 5.73 Å². The van der Waals surface area contributed by atoms with Gasteiger partial charge >= 0.3 is 0 Å². The molecule has 19 heavy (non-hydrogen) atoms. The zero-order valence-electron chi connectivity index (χ0n) is 13.6. The molecule has 0 aromatic heterocycles. The van der Waals surface area contributed by atoms with Crippen molar-refractivity contribution in [1.29, 1.82) is 0 Å². The number of rotatable bonds is 4. The normalized spacial score (nSPS) is 33.5. The van der Waals surface area contributed by atoms with Crippen LogP contribution in [0.3, 0.4) is 0 Å². The van der Waals surface area contributed by atoms with Crippen LogP contribution in [0.5, 0.6) is 0 Å². The maximum Gasteiger partial charge on any atom is 0.0330 e. The topological polar surface area (TPSA) is 32.5 Å². The summed E-state index contributed by atoms with van der Waals surface area (Å²) in [6.07, 6.45) is 7.77. The van der Waals surface area contributed by atoms with Crippen LogP contribution < -0.4 is 5.73 Å². The Hall–Kier alpha value is -0.120. The van der Waals surface area contributed by atoms with Crippen molar-refractivity contribution in [1.82, 2.24) is 9.80 Å². The molecule has 0 bridgehead atoms. The Labute approximate surface area is 119 Å². The van der Waals surface area contributed by atoms with E-state index < -0.39 is 0 Å². The SMILES string of the molecule is CN(CC1(N(C)C)CCC1)C1CC(C)(C)CCC1N. The molecule has 2 N–H and O–H groups in total. The zero-order valence-corrected chi connectivity index (χ0v) is 13.6. The average Bonchev–Trinajstić information content (AvgIpc) is 2.26. The van der Waals surface area contributed by atoms with Gasteiger partial charge in [0.25, 0.3) is 0 Å². The Morgan fingerprint density at radius 3 is 2.21 bits per heavy atom. The number of nitrogens with zero attached hydrogens (tertiary/aromatic N) is 2. The predicted molar refractivity (Wildman–Crippen MR) is 82.3 cm³/mol. The third-order valence-electron chi connectivity index (χ3n) is 5.75. The summed E-state index contributed by atoms with van der Waals surface area (Å²) < 4.78 is 0. The molecule has 2 atom stereocenters. The highest BCUT2D eigenvalue weighted by Gasteiger charge is 2.43. The van der Waals surface area contributed by atoms with Crippen LogP contribution >= 0.6 is 0 Å². The standard InChI is InChI=1S/C16H33N3/c1-15(2)10-7-13(17)14(11-15)19(5)12-16(18(3)4)8-6-9-16/h13-14H,6-12,17H2,1-5H3. The molecule has 0 aliphatic heterocycles. The molecule has 2 unspecified atom stereocenters. The van der Waals surface area contributed by atoms with Crippen LogP contribution in [-0.2, 0) is 0 Å². The lowest BCUT2D eigenvalue weighted by Crippen LogP contribution is -2.61. The van der Waals surface area contributed by atoms with Crippen LogP contribution in [0.25, 0.3) is 0 Å². The molecule has 0 radical (unpaired) electrons.